The molecular formula is C24H25N7O4S. The summed E-state index contributed by atoms with van der Waals surface area (Å²) in [6.07, 6.45) is 0. The SMILES string of the molecule is CC(c1nnc(SCC(=O)Nc2ccc3c(c2)n(C)c(=O)n3C)n1C)N1C(=O)COc2ccccc21. The Morgan fingerprint density at radius 3 is 2.61 bits per heavy atom. The van der Waals surface area contributed by atoms with Crippen LogP contribution in [0.4, 0.5) is 11.4 Å². The Morgan fingerprint density at radius 1 is 1.06 bits per heavy atom. The highest BCUT2D eigenvalue weighted by atomic mass is 32.2. The van der Waals surface area contributed by atoms with Gasteiger partial charge in [0.1, 0.15) is 5.75 Å². The van der Waals surface area contributed by atoms with E-state index in [1.165, 1.54) is 11.8 Å². The number of carbonyl (C=O) groups is 2. The number of hydrogen-bond donors (Lipinski definition) is 1. The Kier molecular flexibility index (Phi) is 6.04. The van der Waals surface area contributed by atoms with Crippen molar-refractivity contribution in [2.45, 2.75) is 18.1 Å². The molecule has 2 aromatic carbocycles. The largest absolute Gasteiger partial charge is 0.482 e. The van der Waals surface area contributed by atoms with E-state index < -0.39 is 0 Å². The van der Waals surface area contributed by atoms with Crippen LogP contribution in [0.25, 0.3) is 11.0 Å². The van der Waals surface area contributed by atoms with E-state index in [0.29, 0.717) is 28.1 Å². The fourth-order valence-corrected chi connectivity index (χ4v) is 5.11. The van der Waals surface area contributed by atoms with Crippen molar-refractivity contribution in [2.75, 3.05) is 22.6 Å². The van der Waals surface area contributed by atoms with E-state index in [9.17, 15) is 14.4 Å². The number of rotatable bonds is 6. The maximum atomic E-state index is 12.7. The van der Waals surface area contributed by atoms with Gasteiger partial charge in [0.05, 0.1) is 28.5 Å². The maximum Gasteiger partial charge on any atom is 0.328 e. The molecule has 3 heterocycles. The highest BCUT2D eigenvalue weighted by Gasteiger charge is 2.32. The van der Waals surface area contributed by atoms with Crippen LogP contribution in [0.1, 0.15) is 18.8 Å². The van der Waals surface area contributed by atoms with Crippen LogP contribution < -0.4 is 20.6 Å². The van der Waals surface area contributed by atoms with E-state index in [1.54, 1.807) is 50.9 Å². The van der Waals surface area contributed by atoms with Gasteiger partial charge < -0.3 is 14.6 Å². The summed E-state index contributed by atoms with van der Waals surface area (Å²) in [4.78, 5) is 39.1. The molecule has 1 aliphatic heterocycles. The maximum absolute atomic E-state index is 12.7. The summed E-state index contributed by atoms with van der Waals surface area (Å²) in [5.41, 5.74) is 2.69. The molecule has 5 rings (SSSR count). The molecule has 0 radical (unpaired) electrons. The van der Waals surface area contributed by atoms with E-state index in [4.69, 9.17) is 4.74 Å². The monoisotopic (exact) mass is 507 g/mol. The van der Waals surface area contributed by atoms with Gasteiger partial charge in [-0.2, -0.15) is 0 Å². The number of imidazole rings is 1. The molecule has 0 saturated carbocycles. The first-order valence-corrected chi connectivity index (χ1v) is 12.3. The number of para-hydroxylation sites is 2. The average Bonchev–Trinajstić information content (AvgIpc) is 3.34. The van der Waals surface area contributed by atoms with Gasteiger partial charge in [-0.15, -0.1) is 10.2 Å². The third kappa shape index (κ3) is 4.02. The first-order valence-electron chi connectivity index (χ1n) is 11.3. The lowest BCUT2D eigenvalue weighted by atomic mass is 10.1. The van der Waals surface area contributed by atoms with Crippen LogP contribution >= 0.6 is 11.8 Å². The molecule has 1 aliphatic rings. The highest BCUT2D eigenvalue weighted by molar-refractivity contribution is 7.99. The minimum absolute atomic E-state index is 0.0378. The molecule has 0 saturated heterocycles. The molecule has 2 aromatic heterocycles. The number of amides is 2. The topological polar surface area (TPSA) is 116 Å². The van der Waals surface area contributed by atoms with Crippen molar-refractivity contribution in [1.29, 1.82) is 0 Å². The molecule has 36 heavy (non-hydrogen) atoms. The summed E-state index contributed by atoms with van der Waals surface area (Å²) in [7, 11) is 5.22. The zero-order chi connectivity index (χ0) is 25.6. The number of thioether (sulfide) groups is 1. The fourth-order valence-electron chi connectivity index (χ4n) is 4.39. The fraction of sp³-hybridized carbons (Fsp3) is 0.292. The van der Waals surface area contributed by atoms with Gasteiger partial charge in [0.25, 0.3) is 5.91 Å². The molecule has 2 amide bonds. The van der Waals surface area contributed by atoms with Crippen molar-refractivity contribution < 1.29 is 14.3 Å². The molecule has 0 fully saturated rings. The Morgan fingerprint density at radius 2 is 1.81 bits per heavy atom. The van der Waals surface area contributed by atoms with Gasteiger partial charge in [-0.25, -0.2) is 4.79 Å². The van der Waals surface area contributed by atoms with Crippen LogP contribution in [0.5, 0.6) is 5.75 Å². The number of aromatic nitrogens is 5. The minimum Gasteiger partial charge on any atom is -0.482 e. The molecule has 12 heteroatoms. The number of hydrogen-bond acceptors (Lipinski definition) is 7. The van der Waals surface area contributed by atoms with E-state index in [-0.39, 0.29) is 35.9 Å². The normalized spacial score (nSPS) is 14.0. The molecular weight excluding hydrogens is 482 g/mol. The van der Waals surface area contributed by atoms with E-state index in [0.717, 1.165) is 11.0 Å². The van der Waals surface area contributed by atoms with Gasteiger partial charge in [0.2, 0.25) is 5.91 Å². The van der Waals surface area contributed by atoms with Gasteiger partial charge in [-0.05, 0) is 37.3 Å². The molecule has 11 nitrogen and oxygen atoms in total. The van der Waals surface area contributed by atoms with Gasteiger partial charge in [0.15, 0.2) is 17.6 Å². The predicted octanol–water partition coefficient (Wildman–Crippen LogP) is 2.22. The first-order chi connectivity index (χ1) is 17.3. The summed E-state index contributed by atoms with van der Waals surface area (Å²) < 4.78 is 10.4. The number of anilines is 2. The lowest BCUT2D eigenvalue weighted by Crippen LogP contribution is -2.41. The number of ether oxygens (including phenoxy) is 1. The van der Waals surface area contributed by atoms with Crippen molar-refractivity contribution in [2.24, 2.45) is 21.1 Å². The Hall–Kier alpha value is -4.06. The molecule has 0 aliphatic carbocycles. The molecule has 0 bridgehead atoms. The molecule has 1 unspecified atom stereocenters. The van der Waals surface area contributed by atoms with Crippen LogP contribution in [0.2, 0.25) is 0 Å². The van der Waals surface area contributed by atoms with Gasteiger partial charge >= 0.3 is 5.69 Å². The minimum atomic E-state index is -0.382. The standard InChI is InChI=1S/C24H25N7O4S/c1-14(31-17-7-5-6-8-19(17)35-12-21(31)33)22-26-27-23(30(22)4)36-13-20(32)25-15-9-10-16-18(11-15)29(3)24(34)28(16)2/h5-11,14H,12-13H2,1-4H3,(H,25,32). The number of nitrogens with one attached hydrogen (secondary N) is 1. The smallest absolute Gasteiger partial charge is 0.328 e. The van der Waals surface area contributed by atoms with Crippen molar-refractivity contribution in [3.8, 4) is 5.75 Å². The third-order valence-electron chi connectivity index (χ3n) is 6.26. The van der Waals surface area contributed by atoms with Crippen molar-refractivity contribution in [1.82, 2.24) is 23.9 Å². The number of aryl methyl sites for hydroxylation is 2. The second-order valence-corrected chi connectivity index (χ2v) is 9.48. The lowest BCUT2D eigenvalue weighted by Gasteiger charge is -2.33. The van der Waals surface area contributed by atoms with Crippen LogP contribution in [0, 0.1) is 0 Å². The van der Waals surface area contributed by atoms with Crippen molar-refractivity contribution in [3.63, 3.8) is 0 Å². The summed E-state index contributed by atoms with van der Waals surface area (Å²) in [5, 5.41) is 12.0. The number of fused-ring (bicyclic) bond motifs is 2. The third-order valence-corrected chi connectivity index (χ3v) is 7.28. The van der Waals surface area contributed by atoms with Gasteiger partial charge in [-0.3, -0.25) is 23.6 Å². The quantitative estimate of drug-likeness (QED) is 0.398. The van der Waals surface area contributed by atoms with Crippen molar-refractivity contribution >= 4 is 46.0 Å². The molecule has 1 atom stereocenters. The van der Waals surface area contributed by atoms with Crippen LogP contribution in [0.3, 0.4) is 0 Å². The van der Waals surface area contributed by atoms with E-state index in [1.807, 2.05) is 38.2 Å². The molecule has 4 aromatic rings. The average molecular weight is 508 g/mol. The summed E-state index contributed by atoms with van der Waals surface area (Å²) >= 11 is 1.25. The van der Waals surface area contributed by atoms with Gasteiger partial charge in [0, 0.05) is 26.8 Å². The van der Waals surface area contributed by atoms with Crippen LogP contribution in [-0.4, -0.2) is 48.1 Å². The van der Waals surface area contributed by atoms with Crippen molar-refractivity contribution in [3.05, 3.63) is 58.8 Å². The highest BCUT2D eigenvalue weighted by Crippen LogP contribution is 2.37. The van der Waals surface area contributed by atoms with Gasteiger partial charge in [-0.1, -0.05) is 23.9 Å². The zero-order valence-electron chi connectivity index (χ0n) is 20.3. The zero-order valence-corrected chi connectivity index (χ0v) is 21.1. The first kappa shape index (κ1) is 23.7. The van der Waals surface area contributed by atoms with Crippen LogP contribution in [-0.2, 0) is 30.7 Å². The summed E-state index contributed by atoms with van der Waals surface area (Å²) in [5.74, 6) is 0.983. The second kappa shape index (κ2) is 9.19. The molecule has 186 valence electrons. The number of carbonyl (C=O) groups excluding carboxylic acids is 2. The Bertz CT molecular complexity index is 1550. The second-order valence-electron chi connectivity index (χ2n) is 8.54. The van der Waals surface area contributed by atoms with E-state index in [2.05, 4.69) is 15.5 Å². The lowest BCUT2D eigenvalue weighted by molar-refractivity contribution is -0.121. The summed E-state index contributed by atoms with van der Waals surface area (Å²) in [6, 6.07) is 12.3. The molecule has 0 spiro atoms. The summed E-state index contributed by atoms with van der Waals surface area (Å²) in [6.45, 7) is 1.85. The predicted molar refractivity (Wildman–Crippen MR) is 136 cm³/mol. The number of nitrogens with zero attached hydrogens (tertiary/aromatic N) is 6. The number of benzene rings is 2. The van der Waals surface area contributed by atoms with Crippen LogP contribution in [0.15, 0.2) is 52.4 Å². The Labute approximate surface area is 210 Å². The molecule has 1 N–H and O–H groups in total. The van der Waals surface area contributed by atoms with E-state index >= 15 is 0 Å². The Balaban J connectivity index is 1.28.